The van der Waals surface area contributed by atoms with E-state index in [9.17, 15) is 9.59 Å². The molecule has 0 saturated carbocycles. The van der Waals surface area contributed by atoms with Crippen molar-refractivity contribution in [2.45, 2.75) is 12.1 Å². The van der Waals surface area contributed by atoms with Crippen LogP contribution >= 0.6 is 0 Å². The molecule has 0 aliphatic carbocycles. The van der Waals surface area contributed by atoms with Gasteiger partial charge in [0.15, 0.2) is 0 Å². The zero-order chi connectivity index (χ0) is 25.9. The topological polar surface area (TPSA) is 43.9 Å². The largest absolute Gasteiger partial charge is 0.335 e. The van der Waals surface area contributed by atoms with Crippen LogP contribution in [-0.2, 0) is 0 Å². The highest BCUT2D eigenvalue weighted by atomic mass is 16.2. The highest BCUT2D eigenvalue weighted by molar-refractivity contribution is 5.95. The molecule has 1 atom stereocenters. The molecule has 2 amide bonds. The lowest BCUT2D eigenvalue weighted by Crippen LogP contribution is -2.64. The molecule has 2 heterocycles. The number of likely N-dealkylation sites (tertiary alicyclic amines) is 1. The Labute approximate surface area is 223 Å². The molecular formula is C33H31N3O2. The van der Waals surface area contributed by atoms with Gasteiger partial charge < -0.3 is 9.80 Å². The number of hydrogen-bond donors (Lipinski definition) is 0. The molecule has 190 valence electrons. The number of amides is 2. The van der Waals surface area contributed by atoms with E-state index in [0.29, 0.717) is 18.2 Å². The summed E-state index contributed by atoms with van der Waals surface area (Å²) in [6.07, 6.45) is 0. The van der Waals surface area contributed by atoms with Crippen LogP contribution in [0, 0.1) is 0 Å². The zero-order valence-corrected chi connectivity index (χ0v) is 21.3. The summed E-state index contributed by atoms with van der Waals surface area (Å²) in [5, 5.41) is 0. The van der Waals surface area contributed by atoms with Crippen LogP contribution in [0.5, 0.6) is 0 Å². The standard InChI is InChI=1S/C33H31N3O2/c37-32(28-14-8-3-9-15-28)35-22-30(23-35)34-20-21-36(31(24-34)27-12-6-2-7-13-27)33(38)29-18-16-26(17-19-29)25-10-4-1-5-11-25/h1-19,30-31H,20-24H2. The fraction of sp³-hybridized carbons (Fsp3) is 0.212. The summed E-state index contributed by atoms with van der Waals surface area (Å²) in [7, 11) is 0. The van der Waals surface area contributed by atoms with E-state index < -0.39 is 0 Å². The van der Waals surface area contributed by atoms with Crippen molar-refractivity contribution in [3.05, 3.63) is 132 Å². The van der Waals surface area contributed by atoms with E-state index in [1.54, 1.807) is 0 Å². The van der Waals surface area contributed by atoms with Crippen LogP contribution in [-0.4, -0.2) is 65.3 Å². The molecule has 2 saturated heterocycles. The predicted molar refractivity (Wildman–Crippen MR) is 150 cm³/mol. The molecule has 4 aromatic carbocycles. The first kappa shape index (κ1) is 24.1. The Morgan fingerprint density at radius 2 is 1.11 bits per heavy atom. The summed E-state index contributed by atoms with van der Waals surface area (Å²) in [5.74, 6) is 0.154. The Hall–Kier alpha value is -4.22. The molecule has 0 bridgehead atoms. The van der Waals surface area contributed by atoms with E-state index in [1.165, 1.54) is 0 Å². The molecule has 2 aliphatic heterocycles. The monoisotopic (exact) mass is 501 g/mol. The zero-order valence-electron chi connectivity index (χ0n) is 21.3. The maximum absolute atomic E-state index is 13.7. The van der Waals surface area contributed by atoms with Crippen molar-refractivity contribution in [2.75, 3.05) is 32.7 Å². The predicted octanol–water partition coefficient (Wildman–Crippen LogP) is 5.38. The summed E-state index contributed by atoms with van der Waals surface area (Å²) in [6.45, 7) is 3.67. The van der Waals surface area contributed by atoms with Crippen molar-refractivity contribution in [3.63, 3.8) is 0 Å². The van der Waals surface area contributed by atoms with E-state index in [1.807, 2.05) is 101 Å². The molecule has 5 nitrogen and oxygen atoms in total. The average Bonchev–Trinajstić information content (AvgIpc) is 2.97. The van der Waals surface area contributed by atoms with Gasteiger partial charge in [0.1, 0.15) is 0 Å². The van der Waals surface area contributed by atoms with Crippen LogP contribution in [0.4, 0.5) is 0 Å². The first-order valence-corrected chi connectivity index (χ1v) is 13.3. The van der Waals surface area contributed by atoms with Crippen LogP contribution in [0.1, 0.15) is 32.3 Å². The molecule has 0 radical (unpaired) electrons. The number of carbonyl (C=O) groups excluding carboxylic acids is 2. The number of rotatable bonds is 5. The smallest absolute Gasteiger partial charge is 0.254 e. The van der Waals surface area contributed by atoms with E-state index in [0.717, 1.165) is 48.4 Å². The SMILES string of the molecule is O=C(c1ccccc1)N1CC(N2CCN(C(=O)c3ccc(-c4ccccc4)cc3)C(c3ccccc3)C2)C1. The Morgan fingerprint density at radius 3 is 1.76 bits per heavy atom. The van der Waals surface area contributed by atoms with Gasteiger partial charge in [0.2, 0.25) is 0 Å². The number of benzene rings is 4. The van der Waals surface area contributed by atoms with Crippen LogP contribution in [0.2, 0.25) is 0 Å². The van der Waals surface area contributed by atoms with Crippen LogP contribution in [0.25, 0.3) is 11.1 Å². The lowest BCUT2D eigenvalue weighted by Gasteiger charge is -2.50. The fourth-order valence-electron chi connectivity index (χ4n) is 5.56. The third kappa shape index (κ3) is 4.85. The van der Waals surface area contributed by atoms with Crippen LogP contribution in [0.15, 0.2) is 115 Å². The van der Waals surface area contributed by atoms with Gasteiger partial charge in [-0.1, -0.05) is 91.0 Å². The summed E-state index contributed by atoms with van der Waals surface area (Å²) >= 11 is 0. The summed E-state index contributed by atoms with van der Waals surface area (Å²) in [5.41, 5.74) is 4.83. The van der Waals surface area contributed by atoms with Crippen molar-refractivity contribution in [3.8, 4) is 11.1 Å². The molecule has 1 unspecified atom stereocenters. The molecule has 6 rings (SSSR count). The highest BCUT2D eigenvalue weighted by Gasteiger charge is 2.40. The second-order valence-electron chi connectivity index (χ2n) is 10.1. The number of carbonyl (C=O) groups is 2. The quantitative estimate of drug-likeness (QED) is 0.369. The van der Waals surface area contributed by atoms with Gasteiger partial charge in [0.25, 0.3) is 11.8 Å². The van der Waals surface area contributed by atoms with Crippen molar-refractivity contribution >= 4 is 11.8 Å². The molecule has 0 N–H and O–H groups in total. The minimum Gasteiger partial charge on any atom is -0.335 e. The van der Waals surface area contributed by atoms with Gasteiger partial charge >= 0.3 is 0 Å². The van der Waals surface area contributed by atoms with Gasteiger partial charge in [-0.15, -0.1) is 0 Å². The van der Waals surface area contributed by atoms with Crippen molar-refractivity contribution < 1.29 is 9.59 Å². The van der Waals surface area contributed by atoms with Crippen molar-refractivity contribution in [2.24, 2.45) is 0 Å². The highest BCUT2D eigenvalue weighted by Crippen LogP contribution is 2.31. The van der Waals surface area contributed by atoms with E-state index in [2.05, 4.69) is 29.2 Å². The minimum absolute atomic E-state index is 0.0369. The van der Waals surface area contributed by atoms with E-state index in [4.69, 9.17) is 0 Å². The van der Waals surface area contributed by atoms with Gasteiger partial charge in [-0.2, -0.15) is 0 Å². The van der Waals surface area contributed by atoms with Crippen molar-refractivity contribution in [1.82, 2.24) is 14.7 Å². The number of hydrogen-bond acceptors (Lipinski definition) is 3. The third-order valence-electron chi connectivity index (χ3n) is 7.78. The second-order valence-corrected chi connectivity index (χ2v) is 10.1. The van der Waals surface area contributed by atoms with E-state index in [-0.39, 0.29) is 17.9 Å². The van der Waals surface area contributed by atoms with Crippen LogP contribution in [0.3, 0.4) is 0 Å². The minimum atomic E-state index is -0.0369. The second kappa shape index (κ2) is 10.6. The molecule has 0 aromatic heterocycles. The first-order chi connectivity index (χ1) is 18.7. The molecule has 0 spiro atoms. The molecule has 38 heavy (non-hydrogen) atoms. The summed E-state index contributed by atoms with van der Waals surface area (Å²) < 4.78 is 0. The van der Waals surface area contributed by atoms with Gasteiger partial charge in [-0.05, 0) is 41.0 Å². The van der Waals surface area contributed by atoms with Crippen molar-refractivity contribution in [1.29, 1.82) is 0 Å². The molecular weight excluding hydrogens is 470 g/mol. The normalized spacial score (nSPS) is 18.2. The van der Waals surface area contributed by atoms with E-state index >= 15 is 0 Å². The lowest BCUT2D eigenvalue weighted by molar-refractivity contribution is -0.00755. The Bertz CT molecular complexity index is 1380. The number of piperazine rings is 1. The first-order valence-electron chi connectivity index (χ1n) is 13.3. The molecule has 2 aliphatic rings. The number of nitrogens with zero attached hydrogens (tertiary/aromatic N) is 3. The van der Waals surface area contributed by atoms with Gasteiger partial charge in [-0.25, -0.2) is 0 Å². The summed E-state index contributed by atoms with van der Waals surface area (Å²) in [4.78, 5) is 32.9. The van der Waals surface area contributed by atoms with Gasteiger partial charge in [-0.3, -0.25) is 14.5 Å². The lowest BCUT2D eigenvalue weighted by atomic mass is 9.97. The average molecular weight is 502 g/mol. The molecule has 5 heteroatoms. The molecule has 4 aromatic rings. The Kier molecular flexibility index (Phi) is 6.76. The fourth-order valence-corrected chi connectivity index (χ4v) is 5.56. The maximum atomic E-state index is 13.7. The summed E-state index contributed by atoms with van der Waals surface area (Å²) in [6, 6.07) is 38.2. The maximum Gasteiger partial charge on any atom is 0.254 e. The van der Waals surface area contributed by atoms with Gasteiger partial charge in [0.05, 0.1) is 6.04 Å². The third-order valence-corrected chi connectivity index (χ3v) is 7.78. The Balaban J connectivity index is 1.16. The van der Waals surface area contributed by atoms with Gasteiger partial charge in [0, 0.05) is 49.9 Å². The van der Waals surface area contributed by atoms with Crippen LogP contribution < -0.4 is 0 Å². The molecule has 2 fully saturated rings. The Morgan fingerprint density at radius 1 is 0.553 bits per heavy atom.